The lowest BCUT2D eigenvalue weighted by Gasteiger charge is -2.31. The van der Waals surface area contributed by atoms with E-state index in [0.29, 0.717) is 6.54 Å². The van der Waals surface area contributed by atoms with Gasteiger partial charge in [-0.05, 0) is 18.4 Å². The van der Waals surface area contributed by atoms with E-state index in [4.69, 9.17) is 4.74 Å². The number of methoxy groups -OCH3 is 1. The van der Waals surface area contributed by atoms with Crippen LogP contribution in [0.5, 0.6) is 0 Å². The summed E-state index contributed by atoms with van der Waals surface area (Å²) in [4.78, 5) is 12.0. The van der Waals surface area contributed by atoms with Gasteiger partial charge in [-0.25, -0.2) is 0 Å². The fourth-order valence-electron chi connectivity index (χ4n) is 2.20. The van der Waals surface area contributed by atoms with Gasteiger partial charge in [0.1, 0.15) is 5.54 Å². The Morgan fingerprint density at radius 2 is 1.94 bits per heavy atom. The Hall–Kier alpha value is -1.35. The maximum absolute atomic E-state index is 12.0. The van der Waals surface area contributed by atoms with E-state index in [0.717, 1.165) is 19.3 Å². The van der Waals surface area contributed by atoms with Crippen LogP contribution in [0.2, 0.25) is 0 Å². The molecule has 3 heteroatoms. The summed E-state index contributed by atoms with van der Waals surface area (Å²) in [5.41, 5.74) is 0.620. The number of carbonyl (C=O) groups excluding carboxylic acids is 1. The summed E-state index contributed by atoms with van der Waals surface area (Å²) in [6.45, 7) is 4.78. The zero-order valence-electron chi connectivity index (χ0n) is 11.5. The Kier molecular flexibility index (Phi) is 5.86. The van der Waals surface area contributed by atoms with Gasteiger partial charge >= 0.3 is 5.97 Å². The largest absolute Gasteiger partial charge is 0.468 e. The lowest BCUT2D eigenvalue weighted by molar-refractivity contribution is -0.149. The van der Waals surface area contributed by atoms with Gasteiger partial charge in [0.2, 0.25) is 0 Å². The molecule has 0 saturated heterocycles. The van der Waals surface area contributed by atoms with Crippen LogP contribution < -0.4 is 5.32 Å². The quantitative estimate of drug-likeness (QED) is 0.755. The van der Waals surface area contributed by atoms with Crippen molar-refractivity contribution in [3.05, 3.63) is 35.9 Å². The van der Waals surface area contributed by atoms with Gasteiger partial charge in [0, 0.05) is 6.54 Å². The van der Waals surface area contributed by atoms with Crippen LogP contribution in [0.4, 0.5) is 0 Å². The predicted octanol–water partition coefficient (Wildman–Crippen LogP) is 2.90. The van der Waals surface area contributed by atoms with Gasteiger partial charge in [0.05, 0.1) is 7.11 Å². The smallest absolute Gasteiger partial charge is 0.326 e. The highest BCUT2D eigenvalue weighted by Gasteiger charge is 2.36. The molecule has 0 aromatic heterocycles. The van der Waals surface area contributed by atoms with Crippen LogP contribution in [0.25, 0.3) is 0 Å². The van der Waals surface area contributed by atoms with Crippen LogP contribution in [-0.2, 0) is 16.1 Å². The van der Waals surface area contributed by atoms with Crippen molar-refractivity contribution >= 4 is 5.97 Å². The van der Waals surface area contributed by atoms with E-state index in [1.54, 1.807) is 0 Å². The molecule has 1 N–H and O–H groups in total. The number of esters is 1. The van der Waals surface area contributed by atoms with Crippen LogP contribution in [0.15, 0.2) is 30.3 Å². The van der Waals surface area contributed by atoms with Gasteiger partial charge in [0.15, 0.2) is 0 Å². The second kappa shape index (κ2) is 7.17. The highest BCUT2D eigenvalue weighted by Crippen LogP contribution is 2.20. The summed E-state index contributed by atoms with van der Waals surface area (Å²) in [6, 6.07) is 10.1. The van der Waals surface area contributed by atoms with E-state index in [-0.39, 0.29) is 5.97 Å². The summed E-state index contributed by atoms with van der Waals surface area (Å²) in [5, 5.41) is 3.38. The third-order valence-electron chi connectivity index (χ3n) is 3.33. The van der Waals surface area contributed by atoms with E-state index in [2.05, 4.69) is 24.4 Å². The van der Waals surface area contributed by atoms with Crippen molar-refractivity contribution in [1.82, 2.24) is 5.32 Å². The number of benzene rings is 1. The molecular formula is C15H23NO2. The molecule has 0 spiro atoms. The molecule has 0 aliphatic carbocycles. The molecule has 0 bridgehead atoms. The summed E-state index contributed by atoms with van der Waals surface area (Å²) in [7, 11) is 1.45. The fraction of sp³-hybridized carbons (Fsp3) is 0.533. The van der Waals surface area contributed by atoms with Crippen LogP contribution in [-0.4, -0.2) is 18.6 Å². The Morgan fingerprint density at radius 3 is 2.44 bits per heavy atom. The molecule has 0 saturated carbocycles. The lowest BCUT2D eigenvalue weighted by atomic mass is 9.90. The molecule has 0 heterocycles. The lowest BCUT2D eigenvalue weighted by Crippen LogP contribution is -2.51. The van der Waals surface area contributed by atoms with Gasteiger partial charge in [-0.1, -0.05) is 50.6 Å². The van der Waals surface area contributed by atoms with Crippen LogP contribution in [0.3, 0.4) is 0 Å². The monoisotopic (exact) mass is 249 g/mol. The van der Waals surface area contributed by atoms with Crippen LogP contribution >= 0.6 is 0 Å². The summed E-state index contributed by atoms with van der Waals surface area (Å²) >= 11 is 0. The van der Waals surface area contributed by atoms with Crippen molar-refractivity contribution in [2.45, 2.75) is 45.2 Å². The topological polar surface area (TPSA) is 38.3 Å². The van der Waals surface area contributed by atoms with Gasteiger partial charge in [-0.3, -0.25) is 10.1 Å². The Morgan fingerprint density at radius 1 is 1.28 bits per heavy atom. The molecule has 1 aromatic carbocycles. The number of carbonyl (C=O) groups is 1. The summed E-state index contributed by atoms with van der Waals surface area (Å²) in [5.74, 6) is -0.164. The number of ether oxygens (including phenoxy) is 1. The zero-order valence-corrected chi connectivity index (χ0v) is 11.5. The van der Waals surface area contributed by atoms with E-state index >= 15 is 0 Å². The van der Waals surface area contributed by atoms with Crippen molar-refractivity contribution in [2.24, 2.45) is 0 Å². The van der Waals surface area contributed by atoms with Crippen LogP contribution in [0, 0.1) is 0 Å². The minimum atomic E-state index is -0.556. The average molecular weight is 249 g/mol. The van der Waals surface area contributed by atoms with Crippen LogP contribution in [0.1, 0.15) is 38.7 Å². The van der Waals surface area contributed by atoms with Crippen molar-refractivity contribution < 1.29 is 9.53 Å². The van der Waals surface area contributed by atoms with Crippen molar-refractivity contribution in [3.63, 3.8) is 0 Å². The Bertz CT molecular complexity index is 364. The van der Waals surface area contributed by atoms with E-state index in [1.807, 2.05) is 25.1 Å². The molecule has 1 atom stereocenters. The second-order valence-corrected chi connectivity index (χ2v) is 4.52. The highest BCUT2D eigenvalue weighted by molar-refractivity contribution is 5.80. The van der Waals surface area contributed by atoms with Gasteiger partial charge in [-0.2, -0.15) is 0 Å². The molecule has 0 aliphatic rings. The standard InChI is InChI=1S/C15H23NO2/c1-4-11-15(5-2,14(17)18-3)16-12-13-9-7-6-8-10-13/h6-10,16H,4-5,11-12H2,1-3H3. The molecule has 0 amide bonds. The molecule has 100 valence electrons. The average Bonchev–Trinajstić information content (AvgIpc) is 2.44. The number of rotatable bonds is 7. The minimum Gasteiger partial charge on any atom is -0.468 e. The second-order valence-electron chi connectivity index (χ2n) is 4.52. The van der Waals surface area contributed by atoms with Crippen molar-refractivity contribution in [1.29, 1.82) is 0 Å². The molecule has 0 aliphatic heterocycles. The fourth-order valence-corrected chi connectivity index (χ4v) is 2.20. The maximum atomic E-state index is 12.0. The highest BCUT2D eigenvalue weighted by atomic mass is 16.5. The van der Waals surface area contributed by atoms with E-state index < -0.39 is 5.54 Å². The van der Waals surface area contributed by atoms with E-state index in [9.17, 15) is 4.79 Å². The van der Waals surface area contributed by atoms with Gasteiger partial charge in [-0.15, -0.1) is 0 Å². The normalized spacial score (nSPS) is 13.9. The molecule has 0 radical (unpaired) electrons. The molecular weight excluding hydrogens is 226 g/mol. The molecule has 1 aromatic rings. The number of hydrogen-bond acceptors (Lipinski definition) is 3. The first-order chi connectivity index (χ1) is 8.68. The maximum Gasteiger partial charge on any atom is 0.326 e. The third-order valence-corrected chi connectivity index (χ3v) is 3.33. The molecule has 18 heavy (non-hydrogen) atoms. The third kappa shape index (κ3) is 3.57. The molecule has 0 fully saturated rings. The Labute approximate surface area is 110 Å². The molecule has 1 rings (SSSR count). The first kappa shape index (κ1) is 14.7. The van der Waals surface area contributed by atoms with Crippen molar-refractivity contribution in [2.75, 3.05) is 7.11 Å². The first-order valence-corrected chi connectivity index (χ1v) is 6.56. The number of nitrogens with one attached hydrogen (secondary N) is 1. The van der Waals surface area contributed by atoms with Gasteiger partial charge in [0.25, 0.3) is 0 Å². The zero-order chi connectivity index (χ0) is 13.4. The van der Waals surface area contributed by atoms with Crippen molar-refractivity contribution in [3.8, 4) is 0 Å². The summed E-state index contributed by atoms with van der Waals surface area (Å²) in [6.07, 6.45) is 2.48. The van der Waals surface area contributed by atoms with E-state index in [1.165, 1.54) is 12.7 Å². The molecule has 3 nitrogen and oxygen atoms in total. The molecule has 1 unspecified atom stereocenters. The Balaban J connectivity index is 2.75. The predicted molar refractivity (Wildman–Crippen MR) is 73.2 cm³/mol. The summed E-state index contributed by atoms with van der Waals surface area (Å²) < 4.78 is 4.95. The van der Waals surface area contributed by atoms with Gasteiger partial charge < -0.3 is 4.74 Å². The first-order valence-electron chi connectivity index (χ1n) is 6.56. The minimum absolute atomic E-state index is 0.164. The number of hydrogen-bond donors (Lipinski definition) is 1. The SMILES string of the molecule is CCCC(CC)(NCc1ccccc1)C(=O)OC.